The highest BCUT2D eigenvalue weighted by molar-refractivity contribution is 7.92. The lowest BCUT2D eigenvalue weighted by molar-refractivity contribution is -0.120. The number of amides is 1. The molecule has 0 saturated carbocycles. The largest absolute Gasteiger partial charge is 0.491 e. The van der Waals surface area contributed by atoms with Gasteiger partial charge in [-0.25, -0.2) is 8.42 Å². The number of carbonyl (C=O) groups is 1. The Morgan fingerprint density at radius 2 is 1.81 bits per heavy atom. The zero-order valence-electron chi connectivity index (χ0n) is 15.5. The van der Waals surface area contributed by atoms with Crippen LogP contribution in [0.5, 0.6) is 5.75 Å². The summed E-state index contributed by atoms with van der Waals surface area (Å²) in [4.78, 5) is 12.3. The minimum Gasteiger partial charge on any atom is -0.491 e. The molecule has 1 atom stereocenters. The Hall–Kier alpha value is -2.25. The lowest BCUT2D eigenvalue weighted by atomic mass is 10.2. The monoisotopic (exact) mass is 410 g/mol. The molecule has 1 amide bonds. The molecule has 27 heavy (non-hydrogen) atoms. The molecule has 0 aliphatic heterocycles. The molecular formula is C19H23ClN2O4S. The number of hydrogen-bond acceptors (Lipinski definition) is 4. The van der Waals surface area contributed by atoms with Crippen LogP contribution in [0.3, 0.4) is 0 Å². The van der Waals surface area contributed by atoms with Crippen molar-refractivity contribution in [2.45, 2.75) is 19.9 Å². The van der Waals surface area contributed by atoms with Crippen molar-refractivity contribution in [2.75, 3.05) is 23.7 Å². The number of para-hydroxylation sites is 1. The molecule has 1 N–H and O–H groups in total. The van der Waals surface area contributed by atoms with Crippen LogP contribution in [-0.4, -0.2) is 39.8 Å². The number of halogens is 1. The molecule has 0 spiro atoms. The molecule has 2 aromatic carbocycles. The maximum Gasteiger partial charge on any atom is 0.241 e. The molecule has 0 fully saturated rings. The predicted octanol–water partition coefficient (Wildman–Crippen LogP) is 3.00. The number of carbonyl (C=O) groups excluding carboxylic acids is 1. The molecule has 0 aliphatic carbocycles. The molecule has 0 unspecified atom stereocenters. The van der Waals surface area contributed by atoms with Gasteiger partial charge in [0.05, 0.1) is 23.0 Å². The van der Waals surface area contributed by atoms with Gasteiger partial charge in [0.2, 0.25) is 15.9 Å². The topological polar surface area (TPSA) is 75.7 Å². The Balaban J connectivity index is 1.97. The van der Waals surface area contributed by atoms with E-state index in [0.29, 0.717) is 5.75 Å². The van der Waals surface area contributed by atoms with Gasteiger partial charge in [-0.3, -0.25) is 9.10 Å². The van der Waals surface area contributed by atoms with Crippen LogP contribution in [0.2, 0.25) is 5.02 Å². The van der Waals surface area contributed by atoms with Crippen molar-refractivity contribution in [3.63, 3.8) is 0 Å². The van der Waals surface area contributed by atoms with Crippen LogP contribution in [0.15, 0.2) is 48.5 Å². The first-order chi connectivity index (χ1) is 12.7. The van der Waals surface area contributed by atoms with Gasteiger partial charge in [-0.05, 0) is 38.1 Å². The fraction of sp³-hybridized carbons (Fsp3) is 0.316. The summed E-state index contributed by atoms with van der Waals surface area (Å²) in [5.74, 6) is 0.260. The Morgan fingerprint density at radius 1 is 1.19 bits per heavy atom. The number of sulfonamides is 1. The number of hydrogen-bond donors (Lipinski definition) is 1. The van der Waals surface area contributed by atoms with E-state index >= 15 is 0 Å². The van der Waals surface area contributed by atoms with Crippen molar-refractivity contribution in [2.24, 2.45) is 0 Å². The van der Waals surface area contributed by atoms with Crippen molar-refractivity contribution in [3.8, 4) is 5.75 Å². The number of anilines is 1. The summed E-state index contributed by atoms with van der Waals surface area (Å²) < 4.78 is 30.8. The van der Waals surface area contributed by atoms with E-state index < -0.39 is 15.9 Å². The maximum atomic E-state index is 12.3. The molecule has 0 aromatic heterocycles. The summed E-state index contributed by atoms with van der Waals surface area (Å²) in [5.41, 5.74) is 1.39. The highest BCUT2D eigenvalue weighted by Crippen LogP contribution is 2.26. The minimum atomic E-state index is -3.67. The number of benzene rings is 2. The normalized spacial score (nSPS) is 12.3. The quantitative estimate of drug-likeness (QED) is 0.725. The van der Waals surface area contributed by atoms with E-state index in [1.807, 2.05) is 31.2 Å². The molecule has 146 valence electrons. The van der Waals surface area contributed by atoms with Crippen molar-refractivity contribution >= 4 is 33.2 Å². The van der Waals surface area contributed by atoms with E-state index in [4.69, 9.17) is 16.3 Å². The molecule has 0 aliphatic rings. The van der Waals surface area contributed by atoms with Crippen molar-refractivity contribution in [1.82, 2.24) is 5.32 Å². The molecule has 6 nitrogen and oxygen atoms in total. The van der Waals surface area contributed by atoms with Crippen LogP contribution < -0.4 is 14.4 Å². The highest BCUT2D eigenvalue weighted by Gasteiger charge is 2.23. The second-order valence-electron chi connectivity index (χ2n) is 6.31. The maximum absolute atomic E-state index is 12.3. The van der Waals surface area contributed by atoms with E-state index in [-0.39, 0.29) is 29.9 Å². The van der Waals surface area contributed by atoms with Gasteiger partial charge in [0.15, 0.2) is 0 Å². The van der Waals surface area contributed by atoms with Gasteiger partial charge in [0.1, 0.15) is 18.9 Å². The summed E-state index contributed by atoms with van der Waals surface area (Å²) in [6.45, 7) is 3.67. The highest BCUT2D eigenvalue weighted by atomic mass is 35.5. The summed E-state index contributed by atoms with van der Waals surface area (Å²) >= 11 is 6.09. The van der Waals surface area contributed by atoms with Gasteiger partial charge < -0.3 is 10.1 Å². The third-order valence-corrected chi connectivity index (χ3v) is 5.18. The van der Waals surface area contributed by atoms with E-state index in [9.17, 15) is 13.2 Å². The van der Waals surface area contributed by atoms with E-state index in [1.165, 1.54) is 0 Å². The lowest BCUT2D eigenvalue weighted by Gasteiger charge is -2.24. The standard InChI is InChI=1S/C19H23ClN2O4S/c1-14-8-10-16(11-9-14)26-13-15(2)21-19(23)12-22(27(3,24)25)18-7-5-4-6-17(18)20/h4-11,15H,12-13H2,1-3H3,(H,21,23)/t15-/m0/s1. The molecule has 2 rings (SSSR count). The fourth-order valence-electron chi connectivity index (χ4n) is 2.38. The van der Waals surface area contributed by atoms with E-state index in [0.717, 1.165) is 16.1 Å². The van der Waals surface area contributed by atoms with Crippen molar-refractivity contribution < 1.29 is 17.9 Å². The second kappa shape index (κ2) is 9.10. The summed E-state index contributed by atoms with van der Waals surface area (Å²) in [6.07, 6.45) is 1.04. The Labute approximate surface area is 165 Å². The van der Waals surface area contributed by atoms with Crippen molar-refractivity contribution in [3.05, 3.63) is 59.1 Å². The van der Waals surface area contributed by atoms with Crippen LogP contribution in [0.1, 0.15) is 12.5 Å². The van der Waals surface area contributed by atoms with Gasteiger partial charge in [0.25, 0.3) is 0 Å². The van der Waals surface area contributed by atoms with Gasteiger partial charge in [0, 0.05) is 0 Å². The van der Waals surface area contributed by atoms with E-state index in [2.05, 4.69) is 5.32 Å². The average molecular weight is 411 g/mol. The minimum absolute atomic E-state index is 0.256. The van der Waals surface area contributed by atoms with Crippen LogP contribution in [0, 0.1) is 6.92 Å². The van der Waals surface area contributed by atoms with Crippen molar-refractivity contribution in [1.29, 1.82) is 0 Å². The Kier molecular flexibility index (Phi) is 7.10. The third-order valence-electron chi connectivity index (χ3n) is 3.74. The van der Waals surface area contributed by atoms with Gasteiger partial charge >= 0.3 is 0 Å². The lowest BCUT2D eigenvalue weighted by Crippen LogP contribution is -2.45. The van der Waals surface area contributed by atoms with Crippen LogP contribution in [-0.2, 0) is 14.8 Å². The first-order valence-corrected chi connectivity index (χ1v) is 10.6. The SMILES string of the molecule is Cc1ccc(OC[C@H](C)NC(=O)CN(c2ccccc2Cl)S(C)(=O)=O)cc1. The molecular weight excluding hydrogens is 388 g/mol. The molecule has 8 heteroatoms. The zero-order chi connectivity index (χ0) is 20.0. The number of nitrogens with one attached hydrogen (secondary N) is 1. The Bertz CT molecular complexity index is 885. The first-order valence-electron chi connectivity index (χ1n) is 8.38. The van der Waals surface area contributed by atoms with Crippen LogP contribution in [0.25, 0.3) is 0 Å². The smallest absolute Gasteiger partial charge is 0.241 e. The zero-order valence-corrected chi connectivity index (χ0v) is 17.0. The number of aryl methyl sites for hydroxylation is 1. The summed E-state index contributed by atoms with van der Waals surface area (Å²) in [7, 11) is -3.67. The van der Waals surface area contributed by atoms with Crippen LogP contribution >= 0.6 is 11.6 Å². The average Bonchev–Trinajstić information content (AvgIpc) is 2.59. The number of rotatable bonds is 8. The van der Waals surface area contributed by atoms with Gasteiger partial charge in [-0.2, -0.15) is 0 Å². The number of nitrogens with zero attached hydrogens (tertiary/aromatic N) is 1. The molecule has 2 aromatic rings. The summed E-state index contributed by atoms with van der Waals surface area (Å²) in [5, 5.41) is 3.00. The summed E-state index contributed by atoms with van der Waals surface area (Å²) in [6, 6.07) is 13.8. The predicted molar refractivity (Wildman–Crippen MR) is 108 cm³/mol. The molecule has 0 saturated heterocycles. The van der Waals surface area contributed by atoms with E-state index in [1.54, 1.807) is 31.2 Å². The van der Waals surface area contributed by atoms with Gasteiger partial charge in [-0.15, -0.1) is 0 Å². The molecule has 0 heterocycles. The van der Waals surface area contributed by atoms with Gasteiger partial charge in [-0.1, -0.05) is 41.4 Å². The number of ether oxygens (including phenoxy) is 1. The molecule has 0 radical (unpaired) electrons. The fourth-order valence-corrected chi connectivity index (χ4v) is 3.54. The third kappa shape index (κ3) is 6.45. The second-order valence-corrected chi connectivity index (χ2v) is 8.63. The Morgan fingerprint density at radius 3 is 2.41 bits per heavy atom. The first kappa shape index (κ1) is 21.1. The molecule has 0 bridgehead atoms. The van der Waals surface area contributed by atoms with Crippen LogP contribution in [0.4, 0.5) is 5.69 Å².